The molecule has 0 bridgehead atoms. The zero-order valence-electron chi connectivity index (χ0n) is 19.0. The Morgan fingerprint density at radius 3 is 2.41 bits per heavy atom. The van der Waals surface area contributed by atoms with Gasteiger partial charge in [-0.25, -0.2) is 0 Å². The fraction of sp³-hybridized carbons (Fsp3) is 0.545. The van der Waals surface area contributed by atoms with Crippen LogP contribution in [0.25, 0.3) is 0 Å². The zero-order valence-corrected chi connectivity index (χ0v) is 20.7. The Bertz CT molecular complexity index is 893. The monoisotopic (exact) mass is 477 g/mol. The third-order valence-corrected chi connectivity index (χ3v) is 7.10. The standard InChI is InChI=1S/C22H31N5O3S2/c1-15(2)17-5-7-18(8-6-17)30-13-20(29)26-9-11-27(12-10-26)21-24-25-22(32-21)31-14-19(28)23-16(3)4/h5-8,15-16H,9-14H2,1-4H3,(H,23,28). The SMILES string of the molecule is CC(C)NC(=O)CSc1nnc(N2CCN(C(=O)COc3ccc(C(C)C)cc3)CC2)s1. The fourth-order valence-corrected chi connectivity index (χ4v) is 4.92. The number of piperazine rings is 1. The molecular weight excluding hydrogens is 446 g/mol. The van der Waals surface area contributed by atoms with Crippen molar-refractivity contribution in [1.82, 2.24) is 20.4 Å². The van der Waals surface area contributed by atoms with Gasteiger partial charge in [0.15, 0.2) is 10.9 Å². The van der Waals surface area contributed by atoms with Gasteiger partial charge in [-0.1, -0.05) is 49.1 Å². The Balaban J connectivity index is 1.41. The zero-order chi connectivity index (χ0) is 23.1. The molecule has 0 aliphatic carbocycles. The van der Waals surface area contributed by atoms with Gasteiger partial charge in [-0.05, 0) is 37.5 Å². The van der Waals surface area contributed by atoms with Crippen LogP contribution in [0.4, 0.5) is 5.13 Å². The second-order valence-electron chi connectivity index (χ2n) is 8.24. The third kappa shape index (κ3) is 7.09. The Morgan fingerprint density at radius 1 is 1.09 bits per heavy atom. The summed E-state index contributed by atoms with van der Waals surface area (Å²) in [5, 5.41) is 12.1. The lowest BCUT2D eigenvalue weighted by Gasteiger charge is -2.34. The average molecular weight is 478 g/mol. The van der Waals surface area contributed by atoms with Crippen LogP contribution in [0.1, 0.15) is 39.2 Å². The maximum absolute atomic E-state index is 12.5. The fourth-order valence-electron chi connectivity index (χ4n) is 3.21. The molecule has 3 rings (SSSR count). The van der Waals surface area contributed by atoms with Crippen molar-refractivity contribution in [3.8, 4) is 5.75 Å². The van der Waals surface area contributed by atoms with Crippen LogP contribution in [0.5, 0.6) is 5.75 Å². The number of anilines is 1. The van der Waals surface area contributed by atoms with Gasteiger partial charge in [0.05, 0.1) is 5.75 Å². The van der Waals surface area contributed by atoms with Crippen molar-refractivity contribution < 1.29 is 14.3 Å². The molecule has 1 saturated heterocycles. The summed E-state index contributed by atoms with van der Waals surface area (Å²) in [5.41, 5.74) is 1.25. The molecule has 1 aromatic carbocycles. The van der Waals surface area contributed by atoms with Crippen LogP contribution >= 0.6 is 23.1 Å². The molecule has 0 unspecified atom stereocenters. The van der Waals surface area contributed by atoms with Crippen LogP contribution in [-0.2, 0) is 9.59 Å². The van der Waals surface area contributed by atoms with E-state index in [1.54, 1.807) is 0 Å². The molecule has 1 fully saturated rings. The predicted molar refractivity (Wildman–Crippen MR) is 129 cm³/mol. The van der Waals surface area contributed by atoms with Crippen molar-refractivity contribution in [2.45, 2.75) is 44.0 Å². The number of hydrogen-bond donors (Lipinski definition) is 1. The van der Waals surface area contributed by atoms with Crippen LogP contribution in [0, 0.1) is 0 Å². The van der Waals surface area contributed by atoms with Gasteiger partial charge >= 0.3 is 0 Å². The maximum atomic E-state index is 12.5. The summed E-state index contributed by atoms with van der Waals surface area (Å²) in [7, 11) is 0. The smallest absolute Gasteiger partial charge is 0.260 e. The molecule has 1 N–H and O–H groups in total. The van der Waals surface area contributed by atoms with Crippen molar-refractivity contribution >= 4 is 40.0 Å². The third-order valence-electron chi connectivity index (χ3n) is 4.98. The van der Waals surface area contributed by atoms with Crippen molar-refractivity contribution in [3.63, 3.8) is 0 Å². The molecule has 1 aliphatic rings. The summed E-state index contributed by atoms with van der Waals surface area (Å²) in [5.74, 6) is 1.49. The summed E-state index contributed by atoms with van der Waals surface area (Å²) < 4.78 is 6.45. The van der Waals surface area contributed by atoms with Gasteiger partial charge in [0.25, 0.3) is 5.91 Å². The lowest BCUT2D eigenvalue weighted by Crippen LogP contribution is -2.50. The van der Waals surface area contributed by atoms with Crippen molar-refractivity contribution in [3.05, 3.63) is 29.8 Å². The van der Waals surface area contributed by atoms with Gasteiger partial charge in [-0.3, -0.25) is 9.59 Å². The van der Waals surface area contributed by atoms with Gasteiger partial charge in [0.2, 0.25) is 11.0 Å². The number of hydrogen-bond acceptors (Lipinski definition) is 8. The average Bonchev–Trinajstić information content (AvgIpc) is 3.25. The Kier molecular flexibility index (Phi) is 8.75. The lowest BCUT2D eigenvalue weighted by molar-refractivity contribution is -0.133. The van der Waals surface area contributed by atoms with E-state index in [0.29, 0.717) is 43.6 Å². The minimum absolute atomic E-state index is 0.00744. The highest BCUT2D eigenvalue weighted by Gasteiger charge is 2.24. The first-order valence-corrected chi connectivity index (χ1v) is 12.6. The number of benzene rings is 1. The summed E-state index contributed by atoms with van der Waals surface area (Å²) in [6.45, 7) is 10.8. The minimum Gasteiger partial charge on any atom is -0.484 e. The molecule has 0 radical (unpaired) electrons. The van der Waals surface area contributed by atoms with Gasteiger partial charge in [0.1, 0.15) is 5.75 Å². The second kappa shape index (κ2) is 11.5. The van der Waals surface area contributed by atoms with Gasteiger partial charge in [0, 0.05) is 32.2 Å². The number of nitrogens with zero attached hydrogens (tertiary/aromatic N) is 4. The van der Waals surface area contributed by atoms with Crippen molar-refractivity contribution in [2.24, 2.45) is 0 Å². The molecule has 0 atom stereocenters. The highest BCUT2D eigenvalue weighted by molar-refractivity contribution is 8.01. The molecule has 32 heavy (non-hydrogen) atoms. The summed E-state index contributed by atoms with van der Waals surface area (Å²) in [4.78, 5) is 28.3. The van der Waals surface area contributed by atoms with Gasteiger partial charge in [-0.2, -0.15) is 0 Å². The molecule has 10 heteroatoms. The molecule has 1 aliphatic heterocycles. The number of carbonyl (C=O) groups is 2. The van der Waals surface area contributed by atoms with Crippen molar-refractivity contribution in [1.29, 1.82) is 0 Å². The Morgan fingerprint density at radius 2 is 1.78 bits per heavy atom. The van der Waals surface area contributed by atoms with E-state index >= 15 is 0 Å². The number of nitrogens with one attached hydrogen (secondary N) is 1. The van der Waals surface area contributed by atoms with Crippen LogP contribution in [-0.4, -0.2) is 71.5 Å². The summed E-state index contributed by atoms with van der Waals surface area (Å²) >= 11 is 2.87. The van der Waals surface area contributed by atoms with E-state index < -0.39 is 0 Å². The van der Waals surface area contributed by atoms with Crippen molar-refractivity contribution in [2.75, 3.05) is 43.4 Å². The van der Waals surface area contributed by atoms with E-state index in [0.717, 1.165) is 9.47 Å². The van der Waals surface area contributed by atoms with Crippen LogP contribution in [0.15, 0.2) is 28.6 Å². The lowest BCUT2D eigenvalue weighted by atomic mass is 10.0. The van der Waals surface area contributed by atoms with E-state index in [1.807, 2.05) is 43.0 Å². The maximum Gasteiger partial charge on any atom is 0.260 e. The largest absolute Gasteiger partial charge is 0.484 e. The Labute approximate surface area is 197 Å². The molecule has 0 spiro atoms. The number of rotatable bonds is 9. The summed E-state index contributed by atoms with van der Waals surface area (Å²) in [6.07, 6.45) is 0. The number of ether oxygens (including phenoxy) is 1. The van der Waals surface area contributed by atoms with E-state index in [2.05, 4.69) is 34.3 Å². The molecule has 1 aromatic heterocycles. The highest BCUT2D eigenvalue weighted by atomic mass is 32.2. The van der Waals surface area contributed by atoms with Crippen LogP contribution in [0.3, 0.4) is 0 Å². The highest BCUT2D eigenvalue weighted by Crippen LogP contribution is 2.28. The number of aromatic nitrogens is 2. The number of thioether (sulfide) groups is 1. The van der Waals surface area contributed by atoms with E-state index in [-0.39, 0.29) is 24.5 Å². The van der Waals surface area contributed by atoms with Crippen LogP contribution in [0.2, 0.25) is 0 Å². The molecule has 2 amide bonds. The molecule has 2 aromatic rings. The van der Waals surface area contributed by atoms with Crippen LogP contribution < -0.4 is 15.0 Å². The predicted octanol–water partition coefficient (Wildman–Crippen LogP) is 3.01. The topological polar surface area (TPSA) is 87.7 Å². The van der Waals surface area contributed by atoms with E-state index in [1.165, 1.54) is 28.7 Å². The van der Waals surface area contributed by atoms with Gasteiger partial charge in [-0.15, -0.1) is 10.2 Å². The Hall–Kier alpha value is -2.33. The molecule has 0 saturated carbocycles. The molecular formula is C22H31N5O3S2. The molecule has 174 valence electrons. The quantitative estimate of drug-likeness (QED) is 0.556. The number of carbonyl (C=O) groups excluding carboxylic acids is 2. The summed E-state index contributed by atoms with van der Waals surface area (Å²) in [6, 6.07) is 8.03. The first kappa shape index (κ1) is 24.3. The molecule has 8 nitrogen and oxygen atoms in total. The number of amides is 2. The first-order valence-electron chi connectivity index (χ1n) is 10.8. The normalized spacial score (nSPS) is 14.2. The first-order chi connectivity index (χ1) is 15.3. The van der Waals surface area contributed by atoms with E-state index in [9.17, 15) is 9.59 Å². The molecule has 2 heterocycles. The van der Waals surface area contributed by atoms with Gasteiger partial charge < -0.3 is 19.9 Å². The van der Waals surface area contributed by atoms with E-state index in [4.69, 9.17) is 4.74 Å². The minimum atomic E-state index is -0.0118. The second-order valence-corrected chi connectivity index (χ2v) is 10.4.